The molecule has 1 saturated carbocycles. The molecule has 4 amide bonds. The van der Waals surface area contributed by atoms with Crippen LogP contribution < -0.4 is 10.7 Å². The van der Waals surface area contributed by atoms with Crippen molar-refractivity contribution in [2.75, 3.05) is 0 Å². The Morgan fingerprint density at radius 1 is 1.20 bits per heavy atom. The molecule has 1 aliphatic carbocycles. The van der Waals surface area contributed by atoms with Crippen molar-refractivity contribution >= 4 is 47.1 Å². The Kier molecular flexibility index (Phi) is 5.01. The summed E-state index contributed by atoms with van der Waals surface area (Å²) in [5.74, 6) is -0.995. The van der Waals surface area contributed by atoms with E-state index in [2.05, 4.69) is 10.7 Å². The van der Waals surface area contributed by atoms with E-state index in [1.165, 1.54) is 12.2 Å². The molecule has 1 aromatic rings. The zero-order chi connectivity index (χ0) is 18.0. The first kappa shape index (κ1) is 17.8. The van der Waals surface area contributed by atoms with Gasteiger partial charge < -0.3 is 5.32 Å². The summed E-state index contributed by atoms with van der Waals surface area (Å²) in [6.07, 6.45) is 6.69. The topological polar surface area (TPSA) is 78.5 Å². The van der Waals surface area contributed by atoms with Gasteiger partial charge in [0.25, 0.3) is 11.8 Å². The molecule has 1 aromatic carbocycles. The van der Waals surface area contributed by atoms with Crippen LogP contribution in [0.1, 0.15) is 37.7 Å². The van der Waals surface area contributed by atoms with Gasteiger partial charge in [0, 0.05) is 16.1 Å². The van der Waals surface area contributed by atoms with E-state index in [0.29, 0.717) is 28.5 Å². The maximum absolute atomic E-state index is 12.6. The molecule has 8 heteroatoms. The van der Waals surface area contributed by atoms with E-state index in [4.69, 9.17) is 23.2 Å². The monoisotopic (exact) mass is 381 g/mol. The molecule has 132 valence electrons. The van der Waals surface area contributed by atoms with E-state index in [-0.39, 0.29) is 0 Å². The van der Waals surface area contributed by atoms with Crippen LogP contribution in [0.3, 0.4) is 0 Å². The lowest BCUT2D eigenvalue weighted by Gasteiger charge is -2.30. The molecule has 2 aliphatic rings. The van der Waals surface area contributed by atoms with E-state index < -0.39 is 23.4 Å². The number of benzene rings is 1. The number of hydrogen-bond donors (Lipinski definition) is 2. The number of carbonyl (C=O) groups is 3. The lowest BCUT2D eigenvalue weighted by molar-refractivity contribution is -0.138. The number of nitrogens with one attached hydrogen (secondary N) is 2. The molecule has 2 N–H and O–H groups in total. The van der Waals surface area contributed by atoms with Crippen LogP contribution in [0.25, 0.3) is 6.08 Å². The van der Waals surface area contributed by atoms with E-state index >= 15 is 0 Å². The number of hydrogen-bond acceptors (Lipinski definition) is 3. The quantitative estimate of drug-likeness (QED) is 0.622. The molecule has 0 unspecified atom stereocenters. The average Bonchev–Trinajstić information content (AvgIpc) is 2.79. The minimum atomic E-state index is -0.869. The predicted octanol–water partition coefficient (Wildman–Crippen LogP) is 3.29. The van der Waals surface area contributed by atoms with E-state index in [0.717, 1.165) is 24.3 Å². The third kappa shape index (κ3) is 3.65. The minimum absolute atomic E-state index is 0.396. The van der Waals surface area contributed by atoms with Crippen LogP contribution in [-0.4, -0.2) is 28.4 Å². The largest absolute Gasteiger partial charge is 0.344 e. The molecular weight excluding hydrogens is 365 g/mol. The highest BCUT2D eigenvalue weighted by atomic mass is 35.5. The number of rotatable bonds is 3. The highest BCUT2D eigenvalue weighted by Gasteiger charge is 2.52. The van der Waals surface area contributed by atoms with Crippen molar-refractivity contribution in [1.82, 2.24) is 15.8 Å². The summed E-state index contributed by atoms with van der Waals surface area (Å²) in [5.41, 5.74) is 2.06. The molecule has 0 atom stereocenters. The Morgan fingerprint density at radius 3 is 2.60 bits per heavy atom. The number of nitrogens with zero attached hydrogens (tertiary/aromatic N) is 1. The van der Waals surface area contributed by atoms with Gasteiger partial charge in [0.05, 0.1) is 0 Å². The highest BCUT2D eigenvalue weighted by Crippen LogP contribution is 2.33. The summed E-state index contributed by atoms with van der Waals surface area (Å²) in [6, 6.07) is 4.28. The zero-order valence-electron chi connectivity index (χ0n) is 13.4. The van der Waals surface area contributed by atoms with Crippen molar-refractivity contribution in [3.8, 4) is 0 Å². The third-order valence-corrected chi connectivity index (χ3v) is 5.03. The van der Waals surface area contributed by atoms with E-state index in [9.17, 15) is 14.4 Å². The fraction of sp³-hybridized carbons (Fsp3) is 0.353. The number of carbonyl (C=O) groups excluding carboxylic acids is 3. The van der Waals surface area contributed by atoms with Crippen LogP contribution >= 0.6 is 23.2 Å². The van der Waals surface area contributed by atoms with Gasteiger partial charge in [-0.15, -0.1) is 0 Å². The second-order valence-electron chi connectivity index (χ2n) is 6.19. The number of halogens is 2. The van der Waals surface area contributed by atoms with Crippen LogP contribution in [0.15, 0.2) is 24.3 Å². The highest BCUT2D eigenvalue weighted by molar-refractivity contribution is 6.35. The van der Waals surface area contributed by atoms with Crippen molar-refractivity contribution in [3.05, 3.63) is 39.9 Å². The molecule has 1 aliphatic heterocycles. The maximum atomic E-state index is 12.6. The fourth-order valence-electron chi connectivity index (χ4n) is 3.17. The maximum Gasteiger partial charge on any atom is 0.344 e. The second kappa shape index (κ2) is 7.06. The number of hydrazine groups is 1. The first-order valence-electron chi connectivity index (χ1n) is 8.02. The van der Waals surface area contributed by atoms with Crippen molar-refractivity contribution in [2.45, 2.75) is 37.6 Å². The molecule has 0 aromatic heterocycles. The summed E-state index contributed by atoms with van der Waals surface area (Å²) in [7, 11) is 0. The van der Waals surface area contributed by atoms with Crippen LogP contribution in [0.5, 0.6) is 0 Å². The van der Waals surface area contributed by atoms with Gasteiger partial charge in [0.15, 0.2) is 0 Å². The summed E-state index contributed by atoms with van der Waals surface area (Å²) in [5, 5.41) is 4.38. The lowest BCUT2D eigenvalue weighted by atomic mass is 9.82. The summed E-state index contributed by atoms with van der Waals surface area (Å²) in [6.45, 7) is 0. The van der Waals surface area contributed by atoms with Gasteiger partial charge in [-0.3, -0.25) is 15.0 Å². The third-order valence-electron chi connectivity index (χ3n) is 4.47. The van der Waals surface area contributed by atoms with E-state index in [1.54, 1.807) is 18.2 Å². The van der Waals surface area contributed by atoms with Gasteiger partial charge in [-0.1, -0.05) is 48.5 Å². The molecule has 6 nitrogen and oxygen atoms in total. The zero-order valence-corrected chi connectivity index (χ0v) is 14.9. The number of imide groups is 1. The number of urea groups is 1. The average molecular weight is 382 g/mol. The molecule has 3 rings (SSSR count). The van der Waals surface area contributed by atoms with Crippen molar-refractivity contribution < 1.29 is 14.4 Å². The molecular formula is C17H17Cl2N3O3. The smallest absolute Gasteiger partial charge is 0.322 e. The van der Waals surface area contributed by atoms with Crippen LogP contribution in [0.2, 0.25) is 10.0 Å². The van der Waals surface area contributed by atoms with Gasteiger partial charge in [-0.2, -0.15) is 5.01 Å². The van der Waals surface area contributed by atoms with Gasteiger partial charge in [0.2, 0.25) is 0 Å². The molecule has 2 fully saturated rings. The van der Waals surface area contributed by atoms with Gasteiger partial charge in [-0.25, -0.2) is 4.79 Å². The van der Waals surface area contributed by atoms with Crippen LogP contribution in [0.4, 0.5) is 4.79 Å². The van der Waals surface area contributed by atoms with Gasteiger partial charge >= 0.3 is 6.03 Å². The van der Waals surface area contributed by atoms with Gasteiger partial charge in [0.1, 0.15) is 5.54 Å². The molecule has 1 saturated heterocycles. The molecule has 0 bridgehead atoms. The lowest BCUT2D eigenvalue weighted by Crippen LogP contribution is -2.50. The number of amides is 4. The van der Waals surface area contributed by atoms with Crippen LogP contribution in [-0.2, 0) is 9.59 Å². The Balaban J connectivity index is 1.67. The molecule has 1 spiro atoms. The first-order valence-corrected chi connectivity index (χ1v) is 8.77. The Bertz CT molecular complexity index is 758. The summed E-state index contributed by atoms with van der Waals surface area (Å²) < 4.78 is 0. The van der Waals surface area contributed by atoms with Crippen molar-refractivity contribution in [1.29, 1.82) is 0 Å². The molecule has 0 radical (unpaired) electrons. The molecule has 25 heavy (non-hydrogen) atoms. The molecule has 1 heterocycles. The fourth-order valence-corrected chi connectivity index (χ4v) is 3.64. The first-order chi connectivity index (χ1) is 11.9. The normalized spacial score (nSPS) is 19.5. The van der Waals surface area contributed by atoms with E-state index in [1.807, 2.05) is 0 Å². The van der Waals surface area contributed by atoms with Crippen LogP contribution in [0, 0.1) is 0 Å². The summed E-state index contributed by atoms with van der Waals surface area (Å²) >= 11 is 11.9. The summed E-state index contributed by atoms with van der Waals surface area (Å²) in [4.78, 5) is 36.7. The second-order valence-corrected chi connectivity index (χ2v) is 7.03. The van der Waals surface area contributed by atoms with Crippen molar-refractivity contribution in [2.24, 2.45) is 0 Å². The van der Waals surface area contributed by atoms with Gasteiger partial charge in [-0.05, 0) is 36.6 Å². The standard InChI is InChI=1S/C17H17Cl2N3O3/c18-12-6-4-11(13(19)10-12)5-7-14(23)21-22-15(24)17(20-16(22)25)8-2-1-3-9-17/h4-7,10H,1-3,8-9H2,(H,20,25)(H,21,23)/b7-5+. The Hall–Kier alpha value is -2.05. The van der Waals surface area contributed by atoms with Crippen molar-refractivity contribution in [3.63, 3.8) is 0 Å². The Labute approximate surface area is 155 Å². The Morgan fingerprint density at radius 2 is 1.92 bits per heavy atom. The predicted molar refractivity (Wildman–Crippen MR) is 94.8 cm³/mol. The minimum Gasteiger partial charge on any atom is -0.322 e. The SMILES string of the molecule is O=C(/C=C/c1ccc(Cl)cc1Cl)NN1C(=O)NC2(CCCCC2)C1=O.